The molecule has 1 aliphatic rings. The van der Waals surface area contributed by atoms with Gasteiger partial charge in [-0.05, 0) is 68.2 Å². The molecule has 24 heavy (non-hydrogen) atoms. The first-order valence-corrected chi connectivity index (χ1v) is 8.45. The molecule has 0 aromatic heterocycles. The maximum Gasteiger partial charge on any atom is 0.227 e. The summed E-state index contributed by atoms with van der Waals surface area (Å²) in [6.07, 6.45) is 1.72. The molecule has 1 fully saturated rings. The fraction of sp³-hybridized carbons (Fsp3) is 0.350. The van der Waals surface area contributed by atoms with Crippen LogP contribution in [0.25, 0.3) is 0 Å². The van der Waals surface area contributed by atoms with E-state index in [-0.39, 0.29) is 17.6 Å². The molecule has 0 aliphatic carbocycles. The number of carbonyl (C=O) groups is 1. The monoisotopic (exact) mass is 326 g/mol. The summed E-state index contributed by atoms with van der Waals surface area (Å²) in [5.74, 6) is -0.224. The van der Waals surface area contributed by atoms with E-state index < -0.39 is 0 Å². The van der Waals surface area contributed by atoms with Crippen LogP contribution in [0.4, 0.5) is 10.1 Å². The van der Waals surface area contributed by atoms with Gasteiger partial charge in [0.15, 0.2) is 0 Å². The molecular formula is C20H23FN2O. The molecule has 2 aromatic carbocycles. The first-order chi connectivity index (χ1) is 11.6. The van der Waals surface area contributed by atoms with Crippen LogP contribution >= 0.6 is 0 Å². The van der Waals surface area contributed by atoms with Crippen LogP contribution in [-0.4, -0.2) is 23.9 Å². The van der Waals surface area contributed by atoms with Crippen LogP contribution in [0.15, 0.2) is 48.5 Å². The Balaban J connectivity index is 1.50. The summed E-state index contributed by atoms with van der Waals surface area (Å²) >= 11 is 0. The first kappa shape index (κ1) is 16.7. The summed E-state index contributed by atoms with van der Waals surface area (Å²) in [5, 5.41) is 2.89. The Hall–Kier alpha value is -2.20. The van der Waals surface area contributed by atoms with Gasteiger partial charge >= 0.3 is 0 Å². The molecule has 3 rings (SSSR count). The van der Waals surface area contributed by atoms with E-state index in [4.69, 9.17) is 0 Å². The van der Waals surface area contributed by atoms with Gasteiger partial charge in [0.1, 0.15) is 5.82 Å². The van der Waals surface area contributed by atoms with Crippen LogP contribution in [0.1, 0.15) is 24.0 Å². The number of nitrogens with one attached hydrogen (secondary N) is 1. The number of piperidine rings is 1. The molecular weight excluding hydrogens is 303 g/mol. The Morgan fingerprint density at radius 3 is 2.46 bits per heavy atom. The van der Waals surface area contributed by atoms with E-state index in [1.807, 2.05) is 0 Å². The van der Waals surface area contributed by atoms with E-state index in [0.717, 1.165) is 32.5 Å². The standard InChI is InChI=1S/C20H23FN2O/c1-15-4-2-3-5-17(15)14-23-12-10-16(11-13-23)20(24)22-19-8-6-18(21)7-9-19/h2-9,16H,10-14H2,1H3,(H,22,24). The van der Waals surface area contributed by atoms with Crippen LogP contribution in [0, 0.1) is 18.7 Å². The summed E-state index contributed by atoms with van der Waals surface area (Å²) in [6, 6.07) is 14.4. The maximum absolute atomic E-state index is 12.9. The van der Waals surface area contributed by atoms with Gasteiger partial charge in [0.25, 0.3) is 0 Å². The number of anilines is 1. The van der Waals surface area contributed by atoms with Gasteiger partial charge in [-0.1, -0.05) is 24.3 Å². The van der Waals surface area contributed by atoms with E-state index in [0.29, 0.717) is 5.69 Å². The van der Waals surface area contributed by atoms with Crippen LogP contribution in [0.3, 0.4) is 0 Å². The third-order valence-corrected chi connectivity index (χ3v) is 4.73. The highest BCUT2D eigenvalue weighted by Gasteiger charge is 2.25. The van der Waals surface area contributed by atoms with Crippen molar-refractivity contribution in [2.75, 3.05) is 18.4 Å². The number of benzene rings is 2. The quantitative estimate of drug-likeness (QED) is 0.921. The van der Waals surface area contributed by atoms with Gasteiger partial charge in [-0.25, -0.2) is 4.39 Å². The van der Waals surface area contributed by atoms with E-state index >= 15 is 0 Å². The van der Waals surface area contributed by atoms with Gasteiger partial charge in [-0.2, -0.15) is 0 Å². The summed E-state index contributed by atoms with van der Waals surface area (Å²) < 4.78 is 12.9. The van der Waals surface area contributed by atoms with Crippen molar-refractivity contribution in [1.82, 2.24) is 4.90 Å². The molecule has 0 radical (unpaired) electrons. The Kier molecular flexibility index (Phi) is 5.26. The molecule has 126 valence electrons. The molecule has 0 saturated carbocycles. The summed E-state index contributed by atoms with van der Waals surface area (Å²) in [7, 11) is 0. The number of carbonyl (C=O) groups excluding carboxylic acids is 1. The second-order valence-electron chi connectivity index (χ2n) is 6.47. The lowest BCUT2D eigenvalue weighted by molar-refractivity contribution is -0.121. The van der Waals surface area contributed by atoms with Crippen LogP contribution in [0.2, 0.25) is 0 Å². The predicted octanol–water partition coefficient (Wildman–Crippen LogP) is 3.98. The van der Waals surface area contributed by atoms with Crippen molar-refractivity contribution >= 4 is 11.6 Å². The predicted molar refractivity (Wildman–Crippen MR) is 94.2 cm³/mol. The minimum Gasteiger partial charge on any atom is -0.326 e. The topological polar surface area (TPSA) is 32.3 Å². The molecule has 2 aromatic rings. The lowest BCUT2D eigenvalue weighted by atomic mass is 9.95. The normalized spacial score (nSPS) is 16.1. The molecule has 0 unspecified atom stereocenters. The Morgan fingerprint density at radius 1 is 1.12 bits per heavy atom. The van der Waals surface area contributed by atoms with Gasteiger partial charge in [0.2, 0.25) is 5.91 Å². The van der Waals surface area contributed by atoms with Crippen LogP contribution < -0.4 is 5.32 Å². The van der Waals surface area contributed by atoms with Gasteiger partial charge in [0, 0.05) is 18.2 Å². The molecule has 3 nitrogen and oxygen atoms in total. The number of nitrogens with zero attached hydrogens (tertiary/aromatic N) is 1. The molecule has 0 atom stereocenters. The number of rotatable bonds is 4. The maximum atomic E-state index is 12.9. The van der Waals surface area contributed by atoms with Gasteiger partial charge in [-0.3, -0.25) is 9.69 Å². The molecule has 1 aliphatic heterocycles. The smallest absolute Gasteiger partial charge is 0.227 e. The second-order valence-corrected chi connectivity index (χ2v) is 6.47. The van der Waals surface area contributed by atoms with Crippen molar-refractivity contribution in [3.8, 4) is 0 Å². The van der Waals surface area contributed by atoms with Gasteiger partial charge in [-0.15, -0.1) is 0 Å². The van der Waals surface area contributed by atoms with Gasteiger partial charge in [0.05, 0.1) is 0 Å². The number of likely N-dealkylation sites (tertiary alicyclic amines) is 1. The lowest BCUT2D eigenvalue weighted by Gasteiger charge is -2.31. The zero-order chi connectivity index (χ0) is 16.9. The first-order valence-electron chi connectivity index (χ1n) is 8.45. The number of hydrogen-bond acceptors (Lipinski definition) is 2. The minimum absolute atomic E-state index is 0.0307. The van der Waals surface area contributed by atoms with Crippen LogP contribution in [-0.2, 0) is 11.3 Å². The van der Waals surface area contributed by atoms with Crippen molar-refractivity contribution in [2.24, 2.45) is 5.92 Å². The zero-order valence-electron chi connectivity index (χ0n) is 14.0. The third-order valence-electron chi connectivity index (χ3n) is 4.73. The Labute approximate surface area is 142 Å². The van der Waals surface area contributed by atoms with Crippen molar-refractivity contribution in [3.63, 3.8) is 0 Å². The highest BCUT2D eigenvalue weighted by atomic mass is 19.1. The van der Waals surface area contributed by atoms with Crippen molar-refractivity contribution < 1.29 is 9.18 Å². The molecule has 0 bridgehead atoms. The number of hydrogen-bond donors (Lipinski definition) is 1. The molecule has 1 N–H and O–H groups in total. The van der Waals surface area contributed by atoms with Crippen LogP contribution in [0.5, 0.6) is 0 Å². The van der Waals surface area contributed by atoms with E-state index in [1.54, 1.807) is 12.1 Å². The third kappa shape index (κ3) is 4.20. The number of amides is 1. The Bertz CT molecular complexity index is 691. The summed E-state index contributed by atoms with van der Waals surface area (Å²) in [6.45, 7) is 4.93. The SMILES string of the molecule is Cc1ccccc1CN1CCC(C(=O)Nc2ccc(F)cc2)CC1. The molecule has 1 heterocycles. The summed E-state index contributed by atoms with van der Waals surface area (Å²) in [4.78, 5) is 14.8. The highest BCUT2D eigenvalue weighted by molar-refractivity contribution is 5.92. The van der Waals surface area contributed by atoms with Crippen molar-refractivity contribution in [3.05, 3.63) is 65.5 Å². The number of aryl methyl sites for hydroxylation is 1. The lowest BCUT2D eigenvalue weighted by Crippen LogP contribution is -2.37. The number of halogens is 1. The molecule has 4 heteroatoms. The van der Waals surface area contributed by atoms with E-state index in [2.05, 4.69) is 41.4 Å². The minimum atomic E-state index is -0.294. The van der Waals surface area contributed by atoms with Crippen molar-refractivity contribution in [1.29, 1.82) is 0 Å². The molecule has 1 amide bonds. The fourth-order valence-corrected chi connectivity index (χ4v) is 3.16. The van der Waals surface area contributed by atoms with E-state index in [9.17, 15) is 9.18 Å². The van der Waals surface area contributed by atoms with Crippen molar-refractivity contribution in [2.45, 2.75) is 26.3 Å². The largest absolute Gasteiger partial charge is 0.326 e. The highest BCUT2D eigenvalue weighted by Crippen LogP contribution is 2.22. The van der Waals surface area contributed by atoms with Gasteiger partial charge < -0.3 is 5.32 Å². The average molecular weight is 326 g/mol. The van der Waals surface area contributed by atoms with E-state index in [1.165, 1.54) is 23.3 Å². The summed E-state index contributed by atoms with van der Waals surface area (Å²) in [5.41, 5.74) is 3.32. The second kappa shape index (κ2) is 7.58. The average Bonchev–Trinajstić information content (AvgIpc) is 2.59. The zero-order valence-corrected chi connectivity index (χ0v) is 14.0. The molecule has 1 saturated heterocycles. The molecule has 0 spiro atoms. The Morgan fingerprint density at radius 2 is 1.79 bits per heavy atom. The fourth-order valence-electron chi connectivity index (χ4n) is 3.16.